The second-order valence-corrected chi connectivity index (χ2v) is 35.0. The number of carbonyl (C=O) groups is 5. The zero-order chi connectivity index (χ0) is 55.8. The molecule has 0 radical (unpaired) electrons. The summed E-state index contributed by atoms with van der Waals surface area (Å²) >= 11 is 1.20. The first-order valence-corrected chi connectivity index (χ1v) is 34.4. The first kappa shape index (κ1) is 65.3. The molecular formula is C58H87BrN4O10Sn. The molecule has 0 unspecified atom stereocenters. The number of benzene rings is 2. The Kier molecular flexibility index (Phi) is 28.2. The summed E-state index contributed by atoms with van der Waals surface area (Å²) in [4.78, 5) is 69.2. The molecule has 0 aliphatic carbocycles. The van der Waals surface area contributed by atoms with Gasteiger partial charge in [-0.2, -0.15) is 0 Å². The van der Waals surface area contributed by atoms with E-state index in [0.717, 1.165) is 32.6 Å². The van der Waals surface area contributed by atoms with E-state index < -0.39 is 53.2 Å². The summed E-state index contributed by atoms with van der Waals surface area (Å²) in [6.45, 7) is 30.2. The third-order valence-corrected chi connectivity index (χ3v) is 28.4. The van der Waals surface area contributed by atoms with E-state index in [4.69, 9.17) is 23.7 Å². The molecule has 0 aliphatic heterocycles. The van der Waals surface area contributed by atoms with E-state index in [9.17, 15) is 24.0 Å². The van der Waals surface area contributed by atoms with E-state index in [0.29, 0.717) is 17.3 Å². The smallest absolute Gasteiger partial charge is 0.328 e. The molecule has 2 aromatic carbocycles. The van der Waals surface area contributed by atoms with Crippen LogP contribution in [0.2, 0.25) is 13.3 Å². The third-order valence-electron chi connectivity index (χ3n) is 12.9. The maximum absolute atomic E-state index is 12.7. The number of hydrogen-bond donors (Lipinski definition) is 2. The summed E-state index contributed by atoms with van der Waals surface area (Å²) in [7, 11) is 2.60. The summed E-state index contributed by atoms with van der Waals surface area (Å²) in [5, 5.41) is 9.21. The van der Waals surface area contributed by atoms with Gasteiger partial charge in [-0.15, -0.1) is 0 Å². The quantitative estimate of drug-likeness (QED) is 0.0250. The molecule has 0 saturated heterocycles. The number of unbranched alkanes of at least 4 members (excludes halogenated alkanes) is 3. The van der Waals surface area contributed by atoms with Crippen molar-refractivity contribution >= 4 is 85.4 Å². The fraction of sp³-hybridized carbons (Fsp3) is 0.569. The summed E-state index contributed by atoms with van der Waals surface area (Å²) in [6.07, 6.45) is 11.5. The number of carbonyl (C=O) groups excluding carboxylic acids is 5. The molecule has 16 heteroatoms. The van der Waals surface area contributed by atoms with Crippen molar-refractivity contribution in [2.24, 2.45) is 22.7 Å². The van der Waals surface area contributed by atoms with Gasteiger partial charge < -0.3 is 29.6 Å². The zero-order valence-corrected chi connectivity index (χ0v) is 51.6. The molecule has 4 aromatic rings. The summed E-state index contributed by atoms with van der Waals surface area (Å²) in [5.41, 5.74) is -1.15. The van der Waals surface area contributed by atoms with Crippen LogP contribution >= 0.6 is 15.9 Å². The normalized spacial score (nSPS) is 12.4. The number of nitrogens with one attached hydrogen (secondary N) is 2. The Morgan fingerprint density at radius 2 is 1.04 bits per heavy atom. The third kappa shape index (κ3) is 20.7. The number of aromatic nitrogens is 2. The number of amides is 2. The maximum Gasteiger partial charge on any atom is 0.328 e. The minimum Gasteiger partial charge on any atom is -0.477 e. The van der Waals surface area contributed by atoms with Crippen molar-refractivity contribution in [1.29, 1.82) is 0 Å². The molecule has 0 aliphatic rings. The first-order chi connectivity index (χ1) is 34.8. The molecule has 2 aromatic heterocycles. The van der Waals surface area contributed by atoms with Gasteiger partial charge in [-0.3, -0.25) is 14.4 Å². The molecule has 0 bridgehead atoms. The average molecular weight is 1200 g/mol. The Morgan fingerprint density at radius 1 is 0.635 bits per heavy atom. The molecule has 2 amide bonds. The minimum absolute atomic E-state index is 0.0192. The number of nitrogens with zero attached hydrogens (tertiary/aromatic N) is 2. The van der Waals surface area contributed by atoms with Gasteiger partial charge in [0.1, 0.15) is 25.3 Å². The van der Waals surface area contributed by atoms with Gasteiger partial charge in [0.05, 0.1) is 25.0 Å². The number of ketones is 1. The van der Waals surface area contributed by atoms with E-state index in [1.165, 1.54) is 76.8 Å². The van der Waals surface area contributed by atoms with Gasteiger partial charge in [0.15, 0.2) is 5.78 Å². The minimum atomic E-state index is -2.24. The molecule has 74 heavy (non-hydrogen) atoms. The first-order valence-electron chi connectivity index (χ1n) is 26.2. The van der Waals surface area contributed by atoms with E-state index in [1.54, 1.807) is 58.3 Å². The van der Waals surface area contributed by atoms with Crippen molar-refractivity contribution in [3.05, 3.63) is 81.3 Å². The number of pyridine rings is 2. The van der Waals surface area contributed by atoms with E-state index in [-0.39, 0.29) is 42.6 Å². The summed E-state index contributed by atoms with van der Waals surface area (Å²) in [5.74, 6) is -0.966. The second-order valence-electron chi connectivity index (χ2n) is 20.9. The van der Waals surface area contributed by atoms with Crippen LogP contribution in [0.15, 0.2) is 75.8 Å². The standard InChI is InChI=1S/C22H28N2O5.C20H25BrN2O4.C4H7O.3C4H9.Sn/c1-13(2)19(20(26)28-6)24-21(27)22(4,5)12-29-18-10-17-9-15(14(3)25)7-8-16(17)11-23-18;1-12(2)17(18(24)26-5)23-19(25)20(3,4)11-27-16-9-14-8-15(21)7-6-13(14)10-22-16;1-3-5-4-2;3*1-3-4-2;/h7-11,13,19H,12H2,1-6H3,(H,24,27);6-10,12,17H,11H2,1-5H3,(H,23,25);1,4H2,2H3;3*1,3-4H2,2H3;/t19-;17-;;;;;/m00...../s1. The Labute approximate surface area is 454 Å². The average Bonchev–Trinajstić information content (AvgIpc) is 3.37. The van der Waals surface area contributed by atoms with Crippen molar-refractivity contribution in [1.82, 2.24) is 20.6 Å². The molecule has 2 heterocycles. The number of ether oxygens (including phenoxy) is 5. The van der Waals surface area contributed by atoms with Crippen LogP contribution in [0.1, 0.15) is 139 Å². The van der Waals surface area contributed by atoms with E-state index in [1.807, 2.05) is 58.0 Å². The van der Waals surface area contributed by atoms with Gasteiger partial charge in [0.2, 0.25) is 23.6 Å². The predicted molar refractivity (Wildman–Crippen MR) is 303 cm³/mol. The molecule has 0 saturated carbocycles. The number of rotatable bonds is 27. The zero-order valence-electron chi connectivity index (χ0n) is 47.1. The molecule has 0 fully saturated rings. The Hall–Kier alpha value is -4.77. The Morgan fingerprint density at radius 3 is 1.41 bits per heavy atom. The molecule has 2 atom stereocenters. The van der Waals surface area contributed by atoms with Crippen LogP contribution < -0.4 is 20.1 Å². The van der Waals surface area contributed by atoms with Crippen LogP contribution in [0.25, 0.3) is 21.5 Å². The van der Waals surface area contributed by atoms with E-state index in [2.05, 4.69) is 70.8 Å². The van der Waals surface area contributed by atoms with Gasteiger partial charge in [0, 0.05) is 45.3 Å². The van der Waals surface area contributed by atoms with Crippen molar-refractivity contribution in [3.63, 3.8) is 0 Å². The Bertz CT molecular complexity index is 2440. The fourth-order valence-electron chi connectivity index (χ4n) is 7.82. The number of Topliss-reactive ketones (excluding diaryl/α,β-unsaturated/α-hetero) is 1. The van der Waals surface area contributed by atoms with Crippen LogP contribution in [-0.4, -0.2) is 104 Å². The molecule has 2 N–H and O–H groups in total. The predicted octanol–water partition coefficient (Wildman–Crippen LogP) is 12.8. The molecular weight excluding hydrogens is 1110 g/mol. The van der Waals surface area contributed by atoms with Crippen molar-refractivity contribution in [3.8, 4) is 11.8 Å². The van der Waals surface area contributed by atoms with Gasteiger partial charge in [-0.05, 0) is 75.4 Å². The number of halogens is 1. The maximum atomic E-state index is 12.7. The van der Waals surface area contributed by atoms with E-state index >= 15 is 0 Å². The number of methoxy groups -OCH3 is 2. The molecule has 4 rings (SSSR count). The molecule has 14 nitrogen and oxygen atoms in total. The van der Waals surface area contributed by atoms with Gasteiger partial charge >= 0.3 is 132 Å². The van der Waals surface area contributed by atoms with Crippen molar-refractivity contribution in [2.45, 2.75) is 154 Å². The SMILES string of the molecule is C=[C](OCC)[Sn]([CH2]CCC)([CH2]CCC)[CH2]CCC.COC(=O)[C@@H](NC(=O)C(C)(C)COc1cc2cc(Br)ccc2cn1)C(C)C.COC(=O)[C@@H](NC(=O)C(C)(C)COc1cc2cc(C(C)=O)ccc2cn1)C(C)C. The summed E-state index contributed by atoms with van der Waals surface area (Å²) in [6, 6.07) is 13.4. The van der Waals surface area contributed by atoms with Crippen LogP contribution in [-0.2, 0) is 33.4 Å². The van der Waals surface area contributed by atoms with Crippen molar-refractivity contribution < 1.29 is 47.7 Å². The summed E-state index contributed by atoms with van der Waals surface area (Å²) < 4.78 is 33.6. The second kappa shape index (κ2) is 32.0. The number of esters is 2. The van der Waals surface area contributed by atoms with Crippen molar-refractivity contribution in [2.75, 3.05) is 34.0 Å². The topological polar surface area (TPSA) is 181 Å². The largest absolute Gasteiger partial charge is 0.477 e. The molecule has 410 valence electrons. The monoisotopic (exact) mass is 1200 g/mol. The van der Waals surface area contributed by atoms with Crippen LogP contribution in [0.4, 0.5) is 0 Å². The van der Waals surface area contributed by atoms with Crippen LogP contribution in [0.5, 0.6) is 11.8 Å². The number of fused-ring (bicyclic) bond motifs is 2. The fourth-order valence-corrected chi connectivity index (χ4v) is 22.8. The Balaban J connectivity index is 0.000000391. The van der Waals surface area contributed by atoms with Gasteiger partial charge in [-0.1, -0.05) is 61.8 Å². The van der Waals surface area contributed by atoms with Gasteiger partial charge in [0.25, 0.3) is 0 Å². The van der Waals surface area contributed by atoms with Crippen LogP contribution in [0.3, 0.4) is 0 Å². The number of hydrogen-bond acceptors (Lipinski definition) is 12. The molecule has 0 spiro atoms. The van der Waals surface area contributed by atoms with Gasteiger partial charge in [-0.25, -0.2) is 19.6 Å². The van der Waals surface area contributed by atoms with Crippen LogP contribution in [0, 0.1) is 22.7 Å².